The van der Waals surface area contributed by atoms with E-state index >= 15 is 0 Å². The van der Waals surface area contributed by atoms with Gasteiger partial charge in [-0.2, -0.15) is 0 Å². The van der Waals surface area contributed by atoms with Crippen LogP contribution in [-0.4, -0.2) is 41.5 Å². The quantitative estimate of drug-likeness (QED) is 0.139. The summed E-state index contributed by atoms with van der Waals surface area (Å²) in [6, 6.07) is 19.1. The number of aryl methyl sites for hydroxylation is 1. The Bertz CT molecular complexity index is 866. The van der Waals surface area contributed by atoms with Crippen LogP contribution in [0.2, 0.25) is 0 Å². The molecule has 0 aliphatic rings. The molecule has 6 nitrogen and oxygen atoms in total. The normalized spacial score (nSPS) is 10.5. The van der Waals surface area contributed by atoms with E-state index in [1.54, 1.807) is 13.8 Å². The van der Waals surface area contributed by atoms with Crippen molar-refractivity contribution in [1.82, 2.24) is 0 Å². The van der Waals surface area contributed by atoms with E-state index in [1.165, 1.54) is 11.3 Å². The number of benzene rings is 2. The molecule has 34 heavy (non-hydrogen) atoms. The summed E-state index contributed by atoms with van der Waals surface area (Å²) in [7, 11) is 0. The van der Waals surface area contributed by atoms with Gasteiger partial charge in [0.2, 0.25) is 5.78 Å². The van der Waals surface area contributed by atoms with Crippen molar-refractivity contribution in [3.63, 3.8) is 0 Å². The summed E-state index contributed by atoms with van der Waals surface area (Å²) in [6.07, 6.45) is 1.28. The van der Waals surface area contributed by atoms with Crippen LogP contribution in [0.3, 0.4) is 0 Å². The minimum absolute atomic E-state index is 0.211. The van der Waals surface area contributed by atoms with Gasteiger partial charge in [-0.3, -0.25) is 9.59 Å². The molecule has 0 aromatic heterocycles. The van der Waals surface area contributed by atoms with Crippen molar-refractivity contribution in [1.29, 1.82) is 0 Å². The Labute approximate surface area is 229 Å². The Balaban J connectivity index is 0.000000575. The number of carbonyl (C=O) groups is 4. The standard InChI is InChI=1S/C12H13BrO3.C12H14O3.2BrH.Cu/c1-2-16-12(15)11(14)10(13)8-9-6-4-3-5-7-9;1-2-15-12(14)11(13)9-8-10-6-4-3-5-7-10;;;/h3-7,10H,2,8H2,1H3;3-7H,2,8-9H2,1H3;2*1H;/q;;;;+2/p-2. The Morgan fingerprint density at radius 2 is 1.24 bits per heavy atom. The first-order chi connectivity index (χ1) is 16.3. The summed E-state index contributed by atoms with van der Waals surface area (Å²) in [5.74, 6) is -2.50. The van der Waals surface area contributed by atoms with E-state index in [9.17, 15) is 19.2 Å². The number of hydrogen-bond acceptors (Lipinski definition) is 6. The van der Waals surface area contributed by atoms with Gasteiger partial charge in [-0.05, 0) is 37.8 Å². The Morgan fingerprint density at radius 3 is 1.71 bits per heavy atom. The van der Waals surface area contributed by atoms with E-state index in [0.717, 1.165) is 11.1 Å². The maximum absolute atomic E-state index is 11.5. The van der Waals surface area contributed by atoms with E-state index in [-0.39, 0.29) is 19.6 Å². The maximum atomic E-state index is 11.5. The Kier molecular flexibility index (Phi) is 20.2. The van der Waals surface area contributed by atoms with E-state index in [4.69, 9.17) is 0 Å². The molecule has 1 atom stereocenters. The fourth-order valence-corrected chi connectivity index (χ4v) is 3.02. The molecule has 0 aliphatic carbocycles. The predicted molar refractivity (Wildman–Crippen MR) is 139 cm³/mol. The van der Waals surface area contributed by atoms with Gasteiger partial charge in [-0.25, -0.2) is 9.59 Å². The number of hydrogen-bond donors (Lipinski definition) is 0. The summed E-state index contributed by atoms with van der Waals surface area (Å²) in [5, 5.41) is 0. The van der Waals surface area contributed by atoms with Gasteiger partial charge in [0.15, 0.2) is 0 Å². The summed E-state index contributed by atoms with van der Waals surface area (Å²) >= 11 is 10.6. The number of rotatable bonds is 10. The summed E-state index contributed by atoms with van der Waals surface area (Å²) < 4.78 is 9.25. The number of carbonyl (C=O) groups excluding carboxylic acids is 4. The van der Waals surface area contributed by atoms with Crippen LogP contribution in [0.25, 0.3) is 0 Å². The van der Waals surface area contributed by atoms with Crippen LogP contribution in [-0.2, 0) is 52.8 Å². The van der Waals surface area contributed by atoms with Crippen molar-refractivity contribution >= 4 is 67.7 Å². The number of halogens is 3. The Morgan fingerprint density at radius 1 is 0.794 bits per heavy atom. The summed E-state index contributed by atoms with van der Waals surface area (Å²) in [5.41, 5.74) is 2.05. The molecule has 0 spiro atoms. The van der Waals surface area contributed by atoms with Crippen LogP contribution >= 0.6 is 44.2 Å². The van der Waals surface area contributed by atoms with Crippen LogP contribution in [0.15, 0.2) is 60.7 Å². The van der Waals surface area contributed by atoms with E-state index in [2.05, 4.69) is 53.6 Å². The molecular formula is C24H27Br3CuO6. The van der Waals surface area contributed by atoms with Crippen molar-refractivity contribution in [3.8, 4) is 0 Å². The zero-order valence-corrected chi connectivity index (χ0v) is 24.5. The number of ether oxygens (including phenoxy) is 2. The third-order valence-electron chi connectivity index (χ3n) is 4.01. The van der Waals surface area contributed by atoms with Gasteiger partial charge in [0.1, 0.15) is 0 Å². The third kappa shape index (κ3) is 15.6. The van der Waals surface area contributed by atoms with Crippen molar-refractivity contribution < 1.29 is 40.0 Å². The average Bonchev–Trinajstić information content (AvgIpc) is 2.84. The molecule has 2 aromatic rings. The second-order valence-electron chi connectivity index (χ2n) is 6.41. The molecule has 0 heterocycles. The number of alkyl halides is 1. The molecule has 1 unspecified atom stereocenters. The topological polar surface area (TPSA) is 86.7 Å². The molecule has 0 aliphatic heterocycles. The molecule has 10 heteroatoms. The van der Waals surface area contributed by atoms with Gasteiger partial charge in [0.05, 0.1) is 18.0 Å². The van der Waals surface area contributed by atoms with Gasteiger partial charge in [-0.15, -0.1) is 0 Å². The van der Waals surface area contributed by atoms with E-state index in [0.29, 0.717) is 12.8 Å². The summed E-state index contributed by atoms with van der Waals surface area (Å²) in [6.45, 7) is 3.82. The van der Waals surface area contributed by atoms with Crippen LogP contribution in [0.4, 0.5) is 0 Å². The minimum atomic E-state index is -0.777. The van der Waals surface area contributed by atoms with Gasteiger partial charge < -0.3 is 9.47 Å². The van der Waals surface area contributed by atoms with Crippen LogP contribution < -0.4 is 0 Å². The predicted octanol–water partition coefficient (Wildman–Crippen LogP) is 5.56. The monoisotopic (exact) mass is 711 g/mol. The molecule has 0 saturated heterocycles. The van der Waals surface area contributed by atoms with Crippen molar-refractivity contribution in [2.24, 2.45) is 0 Å². The molecule has 0 amide bonds. The van der Waals surface area contributed by atoms with Gasteiger partial charge in [0, 0.05) is 6.42 Å². The average molecular weight is 715 g/mol. The third-order valence-corrected chi connectivity index (χ3v) is 4.75. The zero-order valence-electron chi connectivity index (χ0n) is 18.8. The molecule has 2 rings (SSSR count). The zero-order chi connectivity index (χ0) is 25.8. The van der Waals surface area contributed by atoms with E-state index in [1.807, 2.05) is 60.7 Å². The SMILES string of the molecule is CCOC(=O)C(=O)C(Br)Cc1ccccc1.CCOC(=O)C(=O)CCc1ccccc1.[Br][Cu][Br]. The molecule has 0 fully saturated rings. The second-order valence-corrected chi connectivity index (χ2v) is 12.3. The number of ketones is 2. The first kappa shape index (κ1) is 32.7. The first-order valence-electron chi connectivity index (χ1n) is 10.2. The molecule has 0 radical (unpaired) electrons. The molecule has 191 valence electrons. The van der Waals surface area contributed by atoms with Crippen LogP contribution in [0.1, 0.15) is 31.4 Å². The Hall–Kier alpha value is -1.32. The summed E-state index contributed by atoms with van der Waals surface area (Å²) in [4.78, 5) is 44.4. The molecule has 0 saturated carbocycles. The van der Waals surface area contributed by atoms with Crippen LogP contribution in [0.5, 0.6) is 0 Å². The van der Waals surface area contributed by atoms with Gasteiger partial charge in [-0.1, -0.05) is 76.6 Å². The van der Waals surface area contributed by atoms with Gasteiger partial charge in [0.25, 0.3) is 5.78 Å². The molecule has 0 bridgehead atoms. The fraction of sp³-hybridized carbons (Fsp3) is 0.333. The van der Waals surface area contributed by atoms with Gasteiger partial charge >= 0.3 is 51.5 Å². The molecule has 0 N–H and O–H groups in total. The van der Waals surface area contributed by atoms with Crippen molar-refractivity contribution in [2.45, 2.75) is 37.9 Å². The second kappa shape index (κ2) is 21.0. The molecule has 2 aromatic carbocycles. The van der Waals surface area contributed by atoms with Crippen LogP contribution in [0, 0.1) is 0 Å². The van der Waals surface area contributed by atoms with E-state index < -0.39 is 28.3 Å². The van der Waals surface area contributed by atoms with Crippen molar-refractivity contribution in [3.05, 3.63) is 71.8 Å². The van der Waals surface area contributed by atoms with Crippen molar-refractivity contribution in [2.75, 3.05) is 13.2 Å². The number of esters is 2. The number of Topliss-reactive ketones (excluding diaryl/α,β-unsaturated/α-hetero) is 2. The fourth-order valence-electron chi connectivity index (χ4n) is 2.46. The first-order valence-corrected chi connectivity index (χ1v) is 15.8. The molecular weight excluding hydrogens is 688 g/mol.